The Balaban J connectivity index is 1.79. The van der Waals surface area contributed by atoms with E-state index < -0.39 is 11.7 Å². The summed E-state index contributed by atoms with van der Waals surface area (Å²) < 4.78 is 37.1. The van der Waals surface area contributed by atoms with Crippen LogP contribution >= 0.6 is 0 Å². The second-order valence-electron chi connectivity index (χ2n) is 5.06. The molecule has 104 valence electrons. The molecule has 0 heterocycles. The van der Waals surface area contributed by atoms with Gasteiger partial charge in [0.15, 0.2) is 0 Å². The lowest BCUT2D eigenvalue weighted by Crippen LogP contribution is -2.27. The van der Waals surface area contributed by atoms with Gasteiger partial charge in [-0.25, -0.2) is 0 Å². The number of rotatable bonds is 4. The maximum absolute atomic E-state index is 12.4. The van der Waals surface area contributed by atoms with Crippen molar-refractivity contribution in [3.8, 4) is 0 Å². The molecule has 0 spiro atoms. The minimum absolute atomic E-state index is 0.0550. The molecule has 1 saturated carbocycles. The van der Waals surface area contributed by atoms with E-state index in [1.807, 2.05) is 6.92 Å². The van der Waals surface area contributed by atoms with Crippen LogP contribution in [-0.4, -0.2) is 12.5 Å². The minimum Gasteiger partial charge on any atom is -0.356 e. The molecule has 1 aromatic rings. The Morgan fingerprint density at radius 2 is 1.89 bits per heavy atom. The lowest BCUT2D eigenvalue weighted by Gasteiger charge is -2.08. The number of benzene rings is 1. The number of amides is 1. The summed E-state index contributed by atoms with van der Waals surface area (Å²) >= 11 is 0. The molecule has 0 radical (unpaired) electrons. The van der Waals surface area contributed by atoms with E-state index >= 15 is 0 Å². The molecule has 2 rings (SSSR count). The van der Waals surface area contributed by atoms with Crippen molar-refractivity contribution < 1.29 is 18.0 Å². The normalized spacial score (nSPS) is 22.1. The summed E-state index contributed by atoms with van der Waals surface area (Å²) in [6.07, 6.45) is -2.81. The Labute approximate surface area is 110 Å². The number of carbonyl (C=O) groups excluding carboxylic acids is 1. The van der Waals surface area contributed by atoms with Crippen LogP contribution in [0.5, 0.6) is 0 Å². The molecule has 1 aliphatic carbocycles. The SMILES string of the molecule is CC1CC1C(=O)NCCc1ccc(C(F)(F)F)cc1. The highest BCUT2D eigenvalue weighted by molar-refractivity contribution is 5.81. The third kappa shape index (κ3) is 3.72. The highest BCUT2D eigenvalue weighted by Gasteiger charge is 2.38. The van der Waals surface area contributed by atoms with Crippen molar-refractivity contribution in [2.45, 2.75) is 25.9 Å². The van der Waals surface area contributed by atoms with Crippen LogP contribution in [0.4, 0.5) is 13.2 Å². The minimum atomic E-state index is -4.30. The van der Waals surface area contributed by atoms with Gasteiger partial charge in [-0.1, -0.05) is 19.1 Å². The van der Waals surface area contributed by atoms with Gasteiger partial charge < -0.3 is 5.32 Å². The number of carbonyl (C=O) groups is 1. The summed E-state index contributed by atoms with van der Waals surface area (Å²) in [6.45, 7) is 2.49. The van der Waals surface area contributed by atoms with Crippen LogP contribution in [0.25, 0.3) is 0 Å². The summed E-state index contributed by atoms with van der Waals surface area (Å²) in [5.41, 5.74) is 0.143. The van der Waals surface area contributed by atoms with Gasteiger partial charge in [0.2, 0.25) is 5.91 Å². The maximum atomic E-state index is 12.4. The van der Waals surface area contributed by atoms with Crippen LogP contribution < -0.4 is 5.32 Å². The fraction of sp³-hybridized carbons (Fsp3) is 0.500. The van der Waals surface area contributed by atoms with E-state index in [2.05, 4.69) is 5.32 Å². The van der Waals surface area contributed by atoms with Crippen LogP contribution in [0, 0.1) is 11.8 Å². The molecule has 2 unspecified atom stereocenters. The lowest BCUT2D eigenvalue weighted by atomic mass is 10.1. The van der Waals surface area contributed by atoms with Gasteiger partial charge >= 0.3 is 6.18 Å². The predicted octanol–water partition coefficient (Wildman–Crippen LogP) is 3.02. The molecular weight excluding hydrogens is 255 g/mol. The summed E-state index contributed by atoms with van der Waals surface area (Å²) in [5, 5.41) is 2.81. The van der Waals surface area contributed by atoms with Gasteiger partial charge in [-0.3, -0.25) is 4.79 Å². The molecule has 5 heteroatoms. The van der Waals surface area contributed by atoms with E-state index in [1.54, 1.807) is 0 Å². The molecule has 0 aromatic heterocycles. The van der Waals surface area contributed by atoms with Crippen LogP contribution in [0.2, 0.25) is 0 Å². The van der Waals surface area contributed by atoms with Crippen LogP contribution in [-0.2, 0) is 17.4 Å². The molecule has 2 atom stereocenters. The largest absolute Gasteiger partial charge is 0.416 e. The van der Waals surface area contributed by atoms with Gasteiger partial charge in [0.25, 0.3) is 0 Å². The monoisotopic (exact) mass is 271 g/mol. The lowest BCUT2D eigenvalue weighted by molar-refractivity contribution is -0.137. The molecule has 1 N–H and O–H groups in total. The Kier molecular flexibility index (Phi) is 3.83. The molecule has 0 aliphatic heterocycles. The van der Waals surface area contributed by atoms with Gasteiger partial charge in [-0.05, 0) is 36.5 Å². The molecule has 19 heavy (non-hydrogen) atoms. The van der Waals surface area contributed by atoms with Gasteiger partial charge in [0, 0.05) is 12.5 Å². The quantitative estimate of drug-likeness (QED) is 0.896. The van der Waals surface area contributed by atoms with Crippen molar-refractivity contribution in [3.63, 3.8) is 0 Å². The second-order valence-corrected chi connectivity index (χ2v) is 5.06. The average molecular weight is 271 g/mol. The zero-order valence-corrected chi connectivity index (χ0v) is 10.6. The molecule has 0 saturated heterocycles. The first kappa shape index (κ1) is 13.9. The van der Waals surface area contributed by atoms with Crippen molar-refractivity contribution in [3.05, 3.63) is 35.4 Å². The Bertz CT molecular complexity index is 453. The van der Waals surface area contributed by atoms with Gasteiger partial charge in [-0.15, -0.1) is 0 Å². The molecule has 2 nitrogen and oxygen atoms in total. The van der Waals surface area contributed by atoms with E-state index in [1.165, 1.54) is 12.1 Å². The molecular formula is C14H16F3NO. The maximum Gasteiger partial charge on any atom is 0.416 e. The average Bonchev–Trinajstić information content (AvgIpc) is 3.06. The molecule has 1 fully saturated rings. The van der Waals surface area contributed by atoms with Crippen molar-refractivity contribution in [2.24, 2.45) is 11.8 Å². The molecule has 1 amide bonds. The first-order chi connectivity index (χ1) is 8.88. The molecule has 1 aromatic carbocycles. The number of alkyl halides is 3. The van der Waals surface area contributed by atoms with Gasteiger partial charge in [-0.2, -0.15) is 13.2 Å². The summed E-state index contributed by atoms with van der Waals surface area (Å²) in [7, 11) is 0. The smallest absolute Gasteiger partial charge is 0.356 e. The number of halogens is 3. The second kappa shape index (κ2) is 5.23. The van der Waals surface area contributed by atoms with E-state index in [9.17, 15) is 18.0 Å². The summed E-state index contributed by atoms with van der Waals surface area (Å²) in [6, 6.07) is 5.05. The zero-order valence-electron chi connectivity index (χ0n) is 10.6. The fourth-order valence-corrected chi connectivity index (χ4v) is 2.01. The fourth-order valence-electron chi connectivity index (χ4n) is 2.01. The van der Waals surface area contributed by atoms with E-state index in [0.29, 0.717) is 18.9 Å². The first-order valence-electron chi connectivity index (χ1n) is 6.32. The number of nitrogens with one attached hydrogen (secondary N) is 1. The van der Waals surface area contributed by atoms with E-state index in [0.717, 1.165) is 24.1 Å². The standard InChI is InChI=1S/C14H16F3NO/c1-9-8-12(9)13(19)18-7-6-10-2-4-11(5-3-10)14(15,16)17/h2-5,9,12H,6-8H2,1H3,(H,18,19). The van der Waals surface area contributed by atoms with E-state index in [4.69, 9.17) is 0 Å². The van der Waals surface area contributed by atoms with Gasteiger partial charge in [0.05, 0.1) is 5.56 Å². The van der Waals surface area contributed by atoms with Crippen molar-refractivity contribution >= 4 is 5.91 Å². The van der Waals surface area contributed by atoms with Crippen molar-refractivity contribution in [1.82, 2.24) is 5.32 Å². The third-order valence-electron chi connectivity index (χ3n) is 3.44. The Morgan fingerprint density at radius 3 is 2.37 bits per heavy atom. The van der Waals surface area contributed by atoms with Crippen LogP contribution in [0.15, 0.2) is 24.3 Å². The predicted molar refractivity (Wildman–Crippen MR) is 65.4 cm³/mol. The highest BCUT2D eigenvalue weighted by Crippen LogP contribution is 2.37. The number of hydrogen-bond donors (Lipinski definition) is 1. The van der Waals surface area contributed by atoms with Crippen LogP contribution in [0.1, 0.15) is 24.5 Å². The first-order valence-corrected chi connectivity index (χ1v) is 6.32. The van der Waals surface area contributed by atoms with Crippen molar-refractivity contribution in [2.75, 3.05) is 6.54 Å². The van der Waals surface area contributed by atoms with Crippen LogP contribution in [0.3, 0.4) is 0 Å². The topological polar surface area (TPSA) is 29.1 Å². The highest BCUT2D eigenvalue weighted by atomic mass is 19.4. The third-order valence-corrected chi connectivity index (χ3v) is 3.44. The number of hydrogen-bond acceptors (Lipinski definition) is 1. The summed E-state index contributed by atoms with van der Waals surface area (Å²) in [4.78, 5) is 11.5. The van der Waals surface area contributed by atoms with Gasteiger partial charge in [0.1, 0.15) is 0 Å². The Morgan fingerprint density at radius 1 is 1.32 bits per heavy atom. The Hall–Kier alpha value is -1.52. The van der Waals surface area contributed by atoms with E-state index in [-0.39, 0.29) is 11.8 Å². The molecule has 0 bridgehead atoms. The zero-order chi connectivity index (χ0) is 14.0. The van der Waals surface area contributed by atoms with Crippen molar-refractivity contribution in [1.29, 1.82) is 0 Å². The summed E-state index contributed by atoms with van der Waals surface area (Å²) in [5.74, 6) is 0.651. The molecule has 1 aliphatic rings.